The van der Waals surface area contributed by atoms with E-state index >= 15 is 0 Å². The van der Waals surface area contributed by atoms with E-state index in [0.717, 1.165) is 83.5 Å². The molecule has 0 spiro atoms. The molecule has 0 saturated carbocycles. The Morgan fingerprint density at radius 1 is 0.439 bits per heavy atom. The van der Waals surface area contributed by atoms with Crippen LogP contribution in [-0.4, -0.2) is 59.3 Å². The lowest BCUT2D eigenvalue weighted by Crippen LogP contribution is -2.21. The predicted molar refractivity (Wildman–Crippen MR) is 244 cm³/mol. The minimum absolute atomic E-state index is 0. The summed E-state index contributed by atoms with van der Waals surface area (Å²) in [6, 6.07) is 0. The van der Waals surface area contributed by atoms with E-state index in [9.17, 15) is 14.7 Å². The van der Waals surface area contributed by atoms with Crippen LogP contribution in [0.25, 0.3) is 0 Å². The van der Waals surface area contributed by atoms with Crippen LogP contribution in [0, 0.1) is 0 Å². The highest BCUT2D eigenvalue weighted by Crippen LogP contribution is 2.03. The van der Waals surface area contributed by atoms with E-state index in [0.29, 0.717) is 19.3 Å². The third-order valence-corrected chi connectivity index (χ3v) is 7.58. The smallest absolute Gasteiger partial charge is 0.306 e. The zero-order valence-corrected chi connectivity index (χ0v) is 35.0. The van der Waals surface area contributed by atoms with Crippen LogP contribution in [0.1, 0.15) is 137 Å². The second-order valence-electron chi connectivity index (χ2n) is 12.8. The molecule has 0 aromatic heterocycles. The van der Waals surface area contributed by atoms with Crippen molar-refractivity contribution in [3.63, 3.8) is 0 Å². The van der Waals surface area contributed by atoms with Crippen LogP contribution in [-0.2, 0) is 19.1 Å². The van der Waals surface area contributed by atoms with Gasteiger partial charge >= 0.3 is 11.9 Å². The van der Waals surface area contributed by atoms with Crippen molar-refractivity contribution in [1.82, 2.24) is 0 Å². The fourth-order valence-corrected chi connectivity index (χ4v) is 4.27. The Morgan fingerprint density at radius 3 is 1.07 bits per heavy atom. The zero-order valence-electron chi connectivity index (χ0n) is 35.0. The number of carbonyl (C=O) groups is 2. The molecule has 57 heavy (non-hydrogen) atoms. The Hall–Kier alpha value is -4.04. The second-order valence-corrected chi connectivity index (χ2v) is 12.8. The predicted octanol–water partition coefficient (Wildman–Crippen LogP) is 12.2. The number of allylic oxidation sites excluding steroid dienone is 22. The van der Waals surface area contributed by atoms with Gasteiger partial charge in [-0.1, -0.05) is 162 Å². The molecule has 0 rings (SSSR count). The molecule has 0 radical (unpaired) electrons. The molecule has 322 valence electrons. The van der Waals surface area contributed by atoms with Gasteiger partial charge in [0.1, 0.15) is 19.3 Å². The first kappa shape index (κ1) is 57.3. The molecular formula is C50H80O7. The molecule has 2 unspecified atom stereocenters. The lowest BCUT2D eigenvalue weighted by molar-refractivity contribution is -0.147. The number of aliphatic hydroxyl groups is 3. The number of esters is 2. The molecule has 0 amide bonds. The Balaban J connectivity index is -0.00000101. The quantitative estimate of drug-likeness (QED) is 0.0344. The third kappa shape index (κ3) is 52.0. The van der Waals surface area contributed by atoms with Gasteiger partial charge in [0.15, 0.2) is 0 Å². The normalized spacial score (nSPS) is 13.6. The summed E-state index contributed by atoms with van der Waals surface area (Å²) in [7, 11) is 0. The SMILES string of the molecule is C.CC/C=C\C/C=C\C/C=C\C/C=C\C/C=C\C/C=C\CCC(=O)OCC(O)CO.CC/C=C\C/C=C\C/C=C\C/C=C\C/C=C\CCCC(=O)OCC(O)CC. The molecule has 7 nitrogen and oxygen atoms in total. The molecule has 7 heteroatoms. The van der Waals surface area contributed by atoms with E-state index in [4.69, 9.17) is 19.7 Å². The second kappa shape index (κ2) is 50.0. The molecule has 0 aliphatic rings. The van der Waals surface area contributed by atoms with Gasteiger partial charge in [0.25, 0.3) is 0 Å². The van der Waals surface area contributed by atoms with E-state index in [1.807, 2.05) is 19.1 Å². The Bertz CT molecular complexity index is 1230. The largest absolute Gasteiger partial charge is 0.463 e. The highest BCUT2D eigenvalue weighted by Gasteiger charge is 2.07. The summed E-state index contributed by atoms with van der Waals surface area (Å²) in [6.45, 7) is 5.70. The van der Waals surface area contributed by atoms with Gasteiger partial charge in [0, 0.05) is 12.8 Å². The number of aliphatic hydroxyl groups excluding tert-OH is 3. The lowest BCUT2D eigenvalue weighted by Gasteiger charge is -2.08. The zero-order chi connectivity index (χ0) is 41.4. The van der Waals surface area contributed by atoms with Crippen LogP contribution >= 0.6 is 0 Å². The van der Waals surface area contributed by atoms with Crippen LogP contribution < -0.4 is 0 Å². The van der Waals surface area contributed by atoms with Gasteiger partial charge in [-0.25, -0.2) is 0 Å². The van der Waals surface area contributed by atoms with Gasteiger partial charge in [-0.2, -0.15) is 0 Å². The van der Waals surface area contributed by atoms with Crippen molar-refractivity contribution in [2.45, 2.75) is 150 Å². The molecule has 0 bridgehead atoms. The maximum Gasteiger partial charge on any atom is 0.306 e. The molecule has 0 saturated heterocycles. The lowest BCUT2D eigenvalue weighted by atomic mass is 10.2. The summed E-state index contributed by atoms with van der Waals surface area (Å²) in [5, 5.41) is 27.0. The summed E-state index contributed by atoms with van der Waals surface area (Å²) < 4.78 is 9.80. The van der Waals surface area contributed by atoms with Gasteiger partial charge < -0.3 is 24.8 Å². The van der Waals surface area contributed by atoms with Crippen molar-refractivity contribution < 1.29 is 34.4 Å². The average Bonchev–Trinajstić information content (AvgIpc) is 3.21. The van der Waals surface area contributed by atoms with Crippen molar-refractivity contribution in [3.05, 3.63) is 134 Å². The number of hydrogen-bond acceptors (Lipinski definition) is 7. The number of rotatable bonds is 33. The van der Waals surface area contributed by atoms with Crippen LogP contribution in [0.15, 0.2) is 134 Å². The summed E-state index contributed by atoms with van der Waals surface area (Å²) in [4.78, 5) is 22.8. The fourth-order valence-electron chi connectivity index (χ4n) is 4.27. The van der Waals surface area contributed by atoms with E-state index in [1.165, 1.54) is 0 Å². The topological polar surface area (TPSA) is 113 Å². The summed E-state index contributed by atoms with van der Waals surface area (Å²) in [6.07, 6.45) is 60.3. The molecule has 0 aliphatic carbocycles. The van der Waals surface area contributed by atoms with Gasteiger partial charge in [-0.15, -0.1) is 0 Å². The first-order valence-corrected chi connectivity index (χ1v) is 20.8. The summed E-state index contributed by atoms with van der Waals surface area (Å²) in [5.74, 6) is -0.591. The molecular weight excluding hydrogens is 713 g/mol. The van der Waals surface area contributed by atoms with Crippen LogP contribution in [0.2, 0.25) is 0 Å². The maximum absolute atomic E-state index is 11.4. The number of ether oxygens (including phenoxy) is 2. The molecule has 0 aromatic carbocycles. The van der Waals surface area contributed by atoms with Crippen LogP contribution in [0.3, 0.4) is 0 Å². The minimum atomic E-state index is -0.996. The number of hydrogen-bond donors (Lipinski definition) is 3. The molecule has 0 fully saturated rings. The maximum atomic E-state index is 11.4. The standard InChI is InChI=1S/C25H38O4.C24H38O3.CH4/c1-2-3-4-5-6-7-8-9-10-11-12-13-14-15-16-17-18-19-20-21-25(28)29-23-24(27)22-26;1-3-5-6-7-8-9-10-11-12-13-14-15-16-17-18-19-20-21-24(26)27-22-23(25)4-2;/h3-4,6-7,9-10,12-13,15-16,18-19,24,26-27H,2,5,8,11,14,17,20-23H2,1H3;5-6,8-9,11-12,14-15,17-18,23,25H,3-4,7,10,13,16,19-22H2,1-2H3;1H4/b4-3-,7-6-,10-9-,13-12-,16-15-,19-18-;6-5-,9-8-,12-11-,15-14-,18-17-;. The third-order valence-electron chi connectivity index (χ3n) is 7.58. The minimum Gasteiger partial charge on any atom is -0.463 e. The van der Waals surface area contributed by atoms with Gasteiger partial charge in [-0.3, -0.25) is 9.59 Å². The van der Waals surface area contributed by atoms with Gasteiger partial charge in [-0.05, 0) is 96.3 Å². The van der Waals surface area contributed by atoms with E-state index in [-0.39, 0.29) is 39.0 Å². The Morgan fingerprint density at radius 2 is 0.737 bits per heavy atom. The van der Waals surface area contributed by atoms with Crippen LogP contribution in [0.5, 0.6) is 0 Å². The monoisotopic (exact) mass is 793 g/mol. The molecule has 0 heterocycles. The Labute approximate surface area is 348 Å². The van der Waals surface area contributed by atoms with Crippen molar-refractivity contribution in [2.24, 2.45) is 0 Å². The first-order valence-electron chi connectivity index (χ1n) is 20.8. The molecule has 0 aromatic rings. The summed E-state index contributed by atoms with van der Waals surface area (Å²) >= 11 is 0. The van der Waals surface area contributed by atoms with E-state index in [1.54, 1.807) is 0 Å². The molecule has 3 N–H and O–H groups in total. The Kier molecular flexibility index (Phi) is 50.2. The van der Waals surface area contributed by atoms with Crippen molar-refractivity contribution in [2.75, 3.05) is 19.8 Å². The molecule has 0 aliphatic heterocycles. The van der Waals surface area contributed by atoms with E-state index in [2.05, 4.69) is 135 Å². The highest BCUT2D eigenvalue weighted by molar-refractivity contribution is 5.69. The molecule has 2 atom stereocenters. The number of carbonyl (C=O) groups excluding carboxylic acids is 2. The van der Waals surface area contributed by atoms with Crippen LogP contribution in [0.4, 0.5) is 0 Å². The number of unbranched alkanes of at least 4 members (excludes halogenated alkanes) is 1. The van der Waals surface area contributed by atoms with Gasteiger partial charge in [0.2, 0.25) is 0 Å². The average molecular weight is 793 g/mol. The summed E-state index contributed by atoms with van der Waals surface area (Å²) in [5.41, 5.74) is 0. The first-order chi connectivity index (χ1) is 27.4. The fraction of sp³-hybridized carbons (Fsp3) is 0.520. The van der Waals surface area contributed by atoms with E-state index < -0.39 is 18.8 Å². The highest BCUT2D eigenvalue weighted by atomic mass is 16.5. The van der Waals surface area contributed by atoms with Gasteiger partial charge in [0.05, 0.1) is 12.7 Å². The van der Waals surface area contributed by atoms with Crippen molar-refractivity contribution in [3.8, 4) is 0 Å². The van der Waals surface area contributed by atoms with Crippen molar-refractivity contribution >= 4 is 11.9 Å². The van der Waals surface area contributed by atoms with Crippen molar-refractivity contribution in [1.29, 1.82) is 0 Å².